The lowest BCUT2D eigenvalue weighted by atomic mass is 9.78. The standard InChI is InChI=1S/C58H91N3O15/c1-36-16-12-11-13-17-37(2)48(71-8)34-44-21-19-42(7)58(70,76-44)54(66)55(67)61-23-15-14-18-45(61)56(68)74-49(35-46(63)38(3)31-41(6)52(65)53(73-10)51(64)40(5)30-36)39(4)32-43-20-22-47(50(33-43)72-9)75-57(69)60-26-24-59(25-27-60)28-29-62/h11-13,16-17,31,36,38-40,42-45,47-50,52-53,62,65,70H,14-15,18-30,32-35H2,1-10H3/b13-11+,16-12+,37-17+,41-31+/t36-,38-,39-,40-,42-,43?,44+,45+,47+,48+,49+,50+,52-,53+,58-/m1/s1. The molecule has 1 saturated carbocycles. The van der Waals surface area contributed by atoms with E-state index in [1.165, 1.54) is 12.0 Å². The van der Waals surface area contributed by atoms with Crippen LogP contribution < -0.4 is 0 Å². The van der Waals surface area contributed by atoms with Gasteiger partial charge in [0, 0.05) is 91.2 Å². The third-order valence-electron chi connectivity index (χ3n) is 16.8. The molecule has 3 N–H and O–H groups in total. The summed E-state index contributed by atoms with van der Waals surface area (Å²) in [4.78, 5) is 89.8. The number of carbonyl (C=O) groups excluding carboxylic acids is 6. The monoisotopic (exact) mass is 1070 g/mol. The van der Waals surface area contributed by atoms with Gasteiger partial charge < -0.3 is 53.5 Å². The maximum absolute atomic E-state index is 14.6. The summed E-state index contributed by atoms with van der Waals surface area (Å²) in [7, 11) is 4.53. The van der Waals surface area contributed by atoms with Crippen molar-refractivity contribution in [3.8, 4) is 0 Å². The Bertz CT molecular complexity index is 2080. The predicted molar refractivity (Wildman–Crippen MR) is 284 cm³/mol. The Morgan fingerprint density at radius 1 is 0.829 bits per heavy atom. The van der Waals surface area contributed by atoms with Gasteiger partial charge in [0.05, 0.1) is 24.9 Å². The van der Waals surface area contributed by atoms with Crippen LogP contribution in [-0.4, -0.2) is 187 Å². The first-order valence-corrected chi connectivity index (χ1v) is 27.9. The van der Waals surface area contributed by atoms with Gasteiger partial charge in [0.2, 0.25) is 5.79 Å². The van der Waals surface area contributed by atoms with E-state index in [4.69, 9.17) is 28.4 Å². The number of rotatable bonds is 9. The van der Waals surface area contributed by atoms with E-state index in [9.17, 15) is 44.1 Å². The number of nitrogens with zero attached hydrogens (tertiary/aromatic N) is 3. The van der Waals surface area contributed by atoms with Crippen LogP contribution in [0.3, 0.4) is 0 Å². The zero-order chi connectivity index (χ0) is 55.9. The molecule has 4 aliphatic heterocycles. The van der Waals surface area contributed by atoms with Gasteiger partial charge in [0.15, 0.2) is 5.78 Å². The largest absolute Gasteiger partial charge is 0.460 e. The molecule has 18 nitrogen and oxygen atoms in total. The minimum atomic E-state index is -2.46. The molecule has 2 bridgehead atoms. The molecule has 428 valence electrons. The SMILES string of the molecule is CO[C@H]1C[C@@H]2CC[C@@H](C)[C@@](O)(O2)C(=O)C(=O)N2CCCC[C@H]2C(=O)O[C@H]([C@H](C)CC2CC[C@H](OC(=O)N3CCN(CCO)CC3)[C@@H](OC)C2)CC(=O)[C@H](C)/C=C(\C)[C@@H](O)[C@@H](OC)C(=O)[C@H](C)C[C@H](C)/C=C/C=C/C=C/1C. The van der Waals surface area contributed by atoms with Crippen LogP contribution in [0.25, 0.3) is 0 Å². The lowest BCUT2D eigenvalue weighted by Crippen LogP contribution is -2.61. The van der Waals surface area contributed by atoms with E-state index in [0.717, 1.165) is 5.57 Å². The van der Waals surface area contributed by atoms with E-state index in [1.807, 2.05) is 58.1 Å². The van der Waals surface area contributed by atoms with Gasteiger partial charge in [-0.1, -0.05) is 71.1 Å². The Morgan fingerprint density at radius 2 is 1.55 bits per heavy atom. The van der Waals surface area contributed by atoms with Crippen LogP contribution in [0.2, 0.25) is 0 Å². The number of fused-ring (bicyclic) bond motifs is 3. The van der Waals surface area contributed by atoms with Crippen molar-refractivity contribution in [3.05, 3.63) is 47.6 Å². The molecule has 18 heteroatoms. The van der Waals surface area contributed by atoms with Crippen LogP contribution >= 0.6 is 0 Å². The number of β-amino-alcohol motifs (C(OH)–C–C–N with tert-alkyl or cyclic N) is 1. The molecule has 5 rings (SSSR count). The minimum Gasteiger partial charge on any atom is -0.460 e. The number of methoxy groups -OCH3 is 3. The Hall–Kier alpha value is -4.14. The fourth-order valence-electron chi connectivity index (χ4n) is 11.7. The van der Waals surface area contributed by atoms with Gasteiger partial charge in [-0.15, -0.1) is 0 Å². The number of cyclic esters (lactones) is 1. The highest BCUT2D eigenvalue weighted by Crippen LogP contribution is 2.38. The van der Waals surface area contributed by atoms with Crippen LogP contribution in [-0.2, 0) is 52.4 Å². The summed E-state index contributed by atoms with van der Waals surface area (Å²) in [5.74, 6) is -8.33. The first-order chi connectivity index (χ1) is 36.1. The van der Waals surface area contributed by atoms with Gasteiger partial charge in [-0.2, -0.15) is 0 Å². The number of hydrogen-bond acceptors (Lipinski definition) is 16. The molecule has 0 aromatic heterocycles. The number of esters is 1. The van der Waals surface area contributed by atoms with E-state index in [2.05, 4.69) is 4.90 Å². The second-order valence-electron chi connectivity index (χ2n) is 22.5. The number of ether oxygens (including phenoxy) is 6. The fourth-order valence-corrected chi connectivity index (χ4v) is 11.7. The number of piperidine rings is 1. The molecule has 4 fully saturated rings. The van der Waals surface area contributed by atoms with Crippen molar-refractivity contribution in [2.24, 2.45) is 35.5 Å². The third-order valence-corrected chi connectivity index (χ3v) is 16.8. The minimum absolute atomic E-state index is 0.00165. The molecular weight excluding hydrogens is 979 g/mol. The summed E-state index contributed by atoms with van der Waals surface area (Å²) in [6.07, 6.45) is 10.3. The van der Waals surface area contributed by atoms with Gasteiger partial charge in [-0.25, -0.2) is 9.59 Å². The average Bonchev–Trinajstić information content (AvgIpc) is 3.40. The summed E-state index contributed by atoms with van der Waals surface area (Å²) in [5, 5.41) is 32.9. The van der Waals surface area contributed by atoms with E-state index in [0.29, 0.717) is 103 Å². The summed E-state index contributed by atoms with van der Waals surface area (Å²) in [6, 6.07) is -1.18. The molecule has 0 aromatic carbocycles. The highest BCUT2D eigenvalue weighted by Gasteiger charge is 2.53. The summed E-state index contributed by atoms with van der Waals surface area (Å²) >= 11 is 0. The lowest BCUT2D eigenvalue weighted by molar-refractivity contribution is -0.265. The zero-order valence-corrected chi connectivity index (χ0v) is 47.1. The molecule has 1 aliphatic carbocycles. The van der Waals surface area contributed by atoms with Crippen LogP contribution in [0.5, 0.6) is 0 Å². The van der Waals surface area contributed by atoms with E-state index >= 15 is 0 Å². The number of aliphatic hydroxyl groups is 3. The first kappa shape index (κ1) is 62.7. The Labute approximate surface area is 451 Å². The maximum atomic E-state index is 14.6. The Kier molecular flexibility index (Phi) is 24.5. The number of piperazine rings is 1. The maximum Gasteiger partial charge on any atom is 0.410 e. The van der Waals surface area contributed by atoms with Crippen LogP contribution in [0.15, 0.2) is 47.6 Å². The van der Waals surface area contributed by atoms with Gasteiger partial charge >= 0.3 is 12.1 Å². The van der Waals surface area contributed by atoms with Gasteiger partial charge in [0.25, 0.3) is 11.7 Å². The van der Waals surface area contributed by atoms with E-state index in [1.54, 1.807) is 46.0 Å². The number of Topliss-reactive ketones (excluding diaryl/α,β-unsaturated/α-hetero) is 3. The molecule has 15 atom stereocenters. The Balaban J connectivity index is 1.42. The molecule has 2 amide bonds. The molecule has 1 unspecified atom stereocenters. The summed E-state index contributed by atoms with van der Waals surface area (Å²) < 4.78 is 35.9. The molecule has 0 radical (unpaired) electrons. The molecule has 76 heavy (non-hydrogen) atoms. The third kappa shape index (κ3) is 16.7. The molecule has 0 aromatic rings. The van der Waals surface area contributed by atoms with Crippen molar-refractivity contribution in [1.29, 1.82) is 0 Å². The van der Waals surface area contributed by atoms with Crippen molar-refractivity contribution in [2.45, 2.75) is 180 Å². The summed E-state index contributed by atoms with van der Waals surface area (Å²) in [5.41, 5.74) is 1.24. The smallest absolute Gasteiger partial charge is 0.410 e. The van der Waals surface area contributed by atoms with Crippen molar-refractivity contribution < 1.29 is 72.5 Å². The second-order valence-corrected chi connectivity index (χ2v) is 22.5. The van der Waals surface area contributed by atoms with Crippen LogP contribution in [0.4, 0.5) is 4.79 Å². The highest BCUT2D eigenvalue weighted by atomic mass is 16.6. The number of aliphatic hydroxyl groups excluding tert-OH is 2. The fraction of sp³-hybridized carbons (Fsp3) is 0.759. The molecule has 5 aliphatic rings. The van der Waals surface area contributed by atoms with E-state index in [-0.39, 0.29) is 49.4 Å². The van der Waals surface area contributed by atoms with Crippen LogP contribution in [0.1, 0.15) is 126 Å². The molecule has 4 heterocycles. The van der Waals surface area contributed by atoms with Crippen molar-refractivity contribution in [1.82, 2.24) is 14.7 Å². The predicted octanol–water partition coefficient (Wildman–Crippen LogP) is 5.93. The number of allylic oxidation sites excluding steroid dienone is 6. The lowest BCUT2D eigenvalue weighted by Gasteiger charge is -2.42. The number of amides is 2. The molecular formula is C58H91N3O15. The highest BCUT2D eigenvalue weighted by molar-refractivity contribution is 6.39. The van der Waals surface area contributed by atoms with Gasteiger partial charge in [0.1, 0.15) is 36.2 Å². The average molecular weight is 1070 g/mol. The first-order valence-electron chi connectivity index (χ1n) is 27.9. The van der Waals surface area contributed by atoms with Gasteiger partial charge in [-0.3, -0.25) is 24.1 Å². The molecule has 3 saturated heterocycles. The number of hydrogen-bond donors (Lipinski definition) is 3. The Morgan fingerprint density at radius 3 is 2.22 bits per heavy atom. The van der Waals surface area contributed by atoms with Crippen LogP contribution in [0, 0.1) is 35.5 Å². The van der Waals surface area contributed by atoms with Gasteiger partial charge in [-0.05, 0) is 107 Å². The molecule has 0 spiro atoms. The number of carbonyl (C=O) groups is 6. The normalized spacial score (nSPS) is 37.7. The van der Waals surface area contributed by atoms with Crippen molar-refractivity contribution in [2.75, 3.05) is 67.2 Å². The van der Waals surface area contributed by atoms with Crippen molar-refractivity contribution >= 4 is 35.3 Å². The quantitative estimate of drug-likeness (QED) is 0.138. The zero-order valence-electron chi connectivity index (χ0n) is 47.1. The number of ketones is 3. The summed E-state index contributed by atoms with van der Waals surface area (Å²) in [6.45, 7) is 15.6. The second kappa shape index (κ2) is 29.7. The van der Waals surface area contributed by atoms with Crippen molar-refractivity contribution in [3.63, 3.8) is 0 Å². The van der Waals surface area contributed by atoms with E-state index < -0.39 is 102 Å². The topological polar surface area (TPSA) is 228 Å².